The summed E-state index contributed by atoms with van der Waals surface area (Å²) >= 11 is 2.35. The van der Waals surface area contributed by atoms with Gasteiger partial charge in [0.05, 0.1) is 17.3 Å². The fourth-order valence-corrected chi connectivity index (χ4v) is 14.0. The molecule has 3 aromatic heterocycles. The van der Waals surface area contributed by atoms with Crippen LogP contribution in [-0.2, 0) is 25.4 Å². The summed E-state index contributed by atoms with van der Waals surface area (Å²) in [4.78, 5) is 2.46. The largest absolute Gasteiger partial charge is 0.473 e. The number of nitrogens with zero attached hydrogens (tertiary/aromatic N) is 7. The van der Waals surface area contributed by atoms with Crippen molar-refractivity contribution < 1.29 is 9.47 Å². The van der Waals surface area contributed by atoms with Gasteiger partial charge in [0.1, 0.15) is 23.6 Å². The Morgan fingerprint density at radius 3 is 2.28 bits per heavy atom. The summed E-state index contributed by atoms with van der Waals surface area (Å²) in [6.45, 7) is 25.3. The number of ether oxygens (including phenoxy) is 2. The van der Waals surface area contributed by atoms with Crippen molar-refractivity contribution in [2.45, 2.75) is 130 Å². The van der Waals surface area contributed by atoms with Crippen molar-refractivity contribution in [2.24, 2.45) is 14.1 Å². The first-order valence-electron chi connectivity index (χ1n) is 18.4. The van der Waals surface area contributed by atoms with Gasteiger partial charge in [-0.05, 0) is 104 Å². The van der Waals surface area contributed by atoms with Gasteiger partial charge in [-0.1, -0.05) is 53.5 Å². The molecule has 50 heavy (non-hydrogen) atoms. The van der Waals surface area contributed by atoms with Gasteiger partial charge in [-0.2, -0.15) is 15.3 Å². The van der Waals surface area contributed by atoms with Gasteiger partial charge in [-0.3, -0.25) is 9.58 Å². The van der Waals surface area contributed by atoms with E-state index in [1.54, 1.807) is 0 Å². The molecule has 0 amide bonds. The van der Waals surface area contributed by atoms with E-state index in [0.717, 1.165) is 76.3 Å². The molecule has 4 aromatic rings. The van der Waals surface area contributed by atoms with Crippen LogP contribution in [-0.4, -0.2) is 67.6 Å². The van der Waals surface area contributed by atoms with Crippen LogP contribution in [0.5, 0.6) is 5.88 Å². The quantitative estimate of drug-likeness (QED) is 0.0808. The molecule has 1 aliphatic rings. The smallest absolute Gasteiger partial charge is 0.219 e. The van der Waals surface area contributed by atoms with Crippen LogP contribution in [0.1, 0.15) is 105 Å². The van der Waals surface area contributed by atoms with Crippen LogP contribution in [0.3, 0.4) is 0 Å². The molecule has 1 aliphatic heterocycles. The fraction of sp³-hybridized carbons (Fsp3) is 0.615. The highest BCUT2D eigenvalue weighted by atomic mass is 127. The van der Waals surface area contributed by atoms with Crippen LogP contribution in [0.15, 0.2) is 24.4 Å². The maximum absolute atomic E-state index is 6.74. The van der Waals surface area contributed by atoms with Crippen LogP contribution < -0.4 is 4.74 Å². The summed E-state index contributed by atoms with van der Waals surface area (Å²) in [6.07, 6.45) is 4.96. The molecule has 2 atom stereocenters. The minimum atomic E-state index is -1.97. The monoisotopic (exact) mass is 811 g/mol. The van der Waals surface area contributed by atoms with Gasteiger partial charge in [0, 0.05) is 56.5 Å². The van der Waals surface area contributed by atoms with Gasteiger partial charge in [0.15, 0.2) is 6.23 Å². The molecule has 9 nitrogen and oxygen atoms in total. The Bertz CT molecular complexity index is 1820. The molecule has 0 bridgehead atoms. The predicted octanol–water partition coefficient (Wildman–Crippen LogP) is 9.03. The first kappa shape index (κ1) is 38.6. The second kappa shape index (κ2) is 15.9. The lowest BCUT2D eigenvalue weighted by molar-refractivity contribution is -0.0367. The highest BCUT2D eigenvalue weighted by Crippen LogP contribution is 2.41. The van der Waals surface area contributed by atoms with E-state index in [9.17, 15) is 0 Å². The van der Waals surface area contributed by atoms with Gasteiger partial charge >= 0.3 is 0 Å². The molecule has 11 heteroatoms. The number of halogens is 1. The van der Waals surface area contributed by atoms with E-state index in [1.165, 1.54) is 11.3 Å². The van der Waals surface area contributed by atoms with Crippen molar-refractivity contribution in [3.8, 4) is 28.5 Å². The molecular weight excluding hydrogens is 753 g/mol. The summed E-state index contributed by atoms with van der Waals surface area (Å²) < 4.78 is 19.9. The van der Waals surface area contributed by atoms with E-state index < -0.39 is 8.07 Å². The summed E-state index contributed by atoms with van der Waals surface area (Å²) in [5.41, 5.74) is 11.9. The Hall–Kier alpha value is -2.66. The second-order valence-electron chi connectivity index (χ2n) is 15.4. The Kier molecular flexibility index (Phi) is 12.3. The van der Waals surface area contributed by atoms with E-state index in [0.29, 0.717) is 22.7 Å². The van der Waals surface area contributed by atoms with Crippen LogP contribution in [0.25, 0.3) is 22.0 Å². The fourth-order valence-electron chi connectivity index (χ4n) is 7.91. The zero-order chi connectivity index (χ0) is 36.5. The SMILES string of the molecule is Cc1c(CN(CC(C)Oc2c(-c3ccc4c(c3)c(C#C[Si](C(C)C)(C(C)C)C(C)C)nn4C3CCCCO3)cnn2C)C(C)C)c(I)nn1C. The zero-order valence-electron chi connectivity index (χ0n) is 32.3. The molecule has 0 saturated carbocycles. The van der Waals surface area contributed by atoms with Crippen molar-refractivity contribution >= 4 is 41.6 Å². The molecule has 0 spiro atoms. The Morgan fingerprint density at radius 2 is 1.70 bits per heavy atom. The van der Waals surface area contributed by atoms with Crippen LogP contribution in [0.4, 0.5) is 0 Å². The lowest BCUT2D eigenvalue weighted by Crippen LogP contribution is -2.43. The van der Waals surface area contributed by atoms with E-state index in [2.05, 4.69) is 141 Å². The van der Waals surface area contributed by atoms with E-state index in [1.807, 2.05) is 29.7 Å². The molecule has 272 valence electrons. The van der Waals surface area contributed by atoms with Crippen molar-refractivity contribution in [2.75, 3.05) is 13.2 Å². The van der Waals surface area contributed by atoms with Gasteiger partial charge in [-0.15, -0.1) is 5.54 Å². The van der Waals surface area contributed by atoms with Crippen LogP contribution in [0, 0.1) is 22.1 Å². The Morgan fingerprint density at radius 1 is 1.00 bits per heavy atom. The number of benzene rings is 1. The van der Waals surface area contributed by atoms with Crippen LogP contribution >= 0.6 is 22.6 Å². The minimum absolute atomic E-state index is 0.0706. The van der Waals surface area contributed by atoms with E-state index in [4.69, 9.17) is 14.6 Å². The zero-order valence-corrected chi connectivity index (χ0v) is 35.5. The van der Waals surface area contributed by atoms with Gasteiger partial charge < -0.3 is 9.47 Å². The normalized spacial score (nSPS) is 16.3. The Balaban J connectivity index is 1.51. The molecular formula is C39H58IN7O2Si. The second-order valence-corrected chi connectivity index (χ2v) is 22.0. The number of rotatable bonds is 12. The number of aryl methyl sites for hydroxylation is 2. The maximum Gasteiger partial charge on any atom is 0.219 e. The predicted molar refractivity (Wildman–Crippen MR) is 215 cm³/mol. The molecule has 1 fully saturated rings. The number of hydrogen-bond acceptors (Lipinski definition) is 6. The molecule has 1 saturated heterocycles. The highest BCUT2D eigenvalue weighted by Gasteiger charge is 2.42. The van der Waals surface area contributed by atoms with Gasteiger partial charge in [0.25, 0.3) is 0 Å². The lowest BCUT2D eigenvalue weighted by Gasteiger charge is -2.38. The molecule has 1 aromatic carbocycles. The lowest BCUT2D eigenvalue weighted by atomic mass is 10.1. The van der Waals surface area contributed by atoms with E-state index in [-0.39, 0.29) is 12.3 Å². The molecule has 0 radical (unpaired) electrons. The van der Waals surface area contributed by atoms with E-state index >= 15 is 0 Å². The maximum atomic E-state index is 6.74. The number of fused-ring (bicyclic) bond motifs is 1. The standard InChI is InChI=1S/C39H58IN7O2Si/c1-25(2)46(24-34-30(10)44(11)43-38(34)40)23-29(9)49-39-33(22-41-45(39)12)31-16-17-36-32(21-31)35(42-47(36)37-15-13-14-19-48-37)18-20-50(26(3)4,27(5)6)28(7)8/h16-17,21-22,25-29,37H,13-15,19,23-24H2,1-12H3. The highest BCUT2D eigenvalue weighted by molar-refractivity contribution is 14.1. The molecule has 5 rings (SSSR count). The van der Waals surface area contributed by atoms with Gasteiger partial charge in [-0.25, -0.2) is 9.36 Å². The average Bonchev–Trinajstić information content (AvgIpc) is 3.69. The van der Waals surface area contributed by atoms with Crippen LogP contribution in [0.2, 0.25) is 16.6 Å². The van der Waals surface area contributed by atoms with Crippen molar-refractivity contribution in [3.05, 3.63) is 45.0 Å². The summed E-state index contributed by atoms with van der Waals surface area (Å²) in [5, 5.41) is 15.5. The number of hydrogen-bond donors (Lipinski definition) is 0. The molecule has 0 N–H and O–H groups in total. The first-order chi connectivity index (χ1) is 23.6. The Labute approximate surface area is 314 Å². The summed E-state index contributed by atoms with van der Waals surface area (Å²) in [5.74, 6) is 4.44. The summed E-state index contributed by atoms with van der Waals surface area (Å²) in [6, 6.07) is 6.92. The van der Waals surface area contributed by atoms with Crippen molar-refractivity contribution in [1.82, 2.24) is 34.2 Å². The van der Waals surface area contributed by atoms with Crippen molar-refractivity contribution in [1.29, 1.82) is 0 Å². The third kappa shape index (κ3) is 7.74. The van der Waals surface area contributed by atoms with Gasteiger partial charge in [0.2, 0.25) is 5.88 Å². The third-order valence-corrected chi connectivity index (χ3v) is 18.1. The third-order valence-electron chi connectivity index (χ3n) is 10.9. The topological polar surface area (TPSA) is 75.2 Å². The minimum Gasteiger partial charge on any atom is -0.473 e. The molecule has 2 unspecified atom stereocenters. The molecule has 4 heterocycles. The van der Waals surface area contributed by atoms with Crippen molar-refractivity contribution in [3.63, 3.8) is 0 Å². The number of aromatic nitrogens is 6. The average molecular weight is 812 g/mol. The molecule has 0 aliphatic carbocycles. The summed E-state index contributed by atoms with van der Waals surface area (Å²) in [7, 11) is 2.00. The first-order valence-corrected chi connectivity index (χ1v) is 21.7.